The molecule has 2 rings (SSSR count). The molecule has 0 aromatic heterocycles. The number of hydrogen-bond donors (Lipinski definition) is 0. The molecule has 0 aromatic rings. The van der Waals surface area contributed by atoms with Crippen LogP contribution in [0, 0.1) is 5.92 Å². The van der Waals surface area contributed by atoms with E-state index in [0.717, 1.165) is 13.2 Å². The summed E-state index contributed by atoms with van der Waals surface area (Å²) < 4.78 is 10.6. The molecule has 2 nitrogen and oxygen atoms in total. The van der Waals surface area contributed by atoms with Crippen LogP contribution in [-0.4, -0.2) is 31.0 Å². The summed E-state index contributed by atoms with van der Waals surface area (Å²) in [5.74, 6) is 3.15. The maximum Gasteiger partial charge on any atom is 0.162 e. The molecule has 0 spiro atoms. The zero-order valence-electron chi connectivity index (χ0n) is 5.21. The molecule has 0 saturated carbocycles. The summed E-state index contributed by atoms with van der Waals surface area (Å²) in [6, 6.07) is 0. The van der Waals surface area contributed by atoms with Gasteiger partial charge in [0.2, 0.25) is 0 Å². The van der Waals surface area contributed by atoms with E-state index in [1.165, 1.54) is 11.5 Å². The van der Waals surface area contributed by atoms with Crippen LogP contribution in [0.5, 0.6) is 0 Å². The van der Waals surface area contributed by atoms with E-state index in [1.54, 1.807) is 0 Å². The van der Waals surface area contributed by atoms with E-state index in [-0.39, 0.29) is 6.29 Å². The molecule has 0 bridgehead atoms. The molecule has 52 valence electrons. The van der Waals surface area contributed by atoms with Gasteiger partial charge in [0, 0.05) is 17.4 Å². The van der Waals surface area contributed by atoms with Crippen molar-refractivity contribution in [3.8, 4) is 0 Å². The number of rotatable bonds is 1. The van der Waals surface area contributed by atoms with E-state index >= 15 is 0 Å². The second-order valence-corrected chi connectivity index (χ2v) is 3.48. The molecule has 2 aliphatic rings. The minimum Gasteiger partial charge on any atom is -0.350 e. The van der Waals surface area contributed by atoms with Crippen LogP contribution in [0.4, 0.5) is 0 Å². The number of hydrogen-bond acceptors (Lipinski definition) is 3. The SMILES string of the molecule is C1COC(C2CSC2)O1. The summed E-state index contributed by atoms with van der Waals surface area (Å²) in [6.07, 6.45) is 0.145. The van der Waals surface area contributed by atoms with Crippen molar-refractivity contribution in [1.29, 1.82) is 0 Å². The van der Waals surface area contributed by atoms with Gasteiger partial charge in [-0.2, -0.15) is 11.8 Å². The van der Waals surface area contributed by atoms with Gasteiger partial charge < -0.3 is 9.47 Å². The van der Waals surface area contributed by atoms with E-state index in [0.29, 0.717) is 5.92 Å². The first-order valence-electron chi connectivity index (χ1n) is 3.28. The minimum atomic E-state index is 0.145. The van der Waals surface area contributed by atoms with Gasteiger partial charge in [-0.25, -0.2) is 0 Å². The van der Waals surface area contributed by atoms with E-state index < -0.39 is 0 Å². The highest BCUT2D eigenvalue weighted by Gasteiger charge is 2.31. The van der Waals surface area contributed by atoms with Crippen LogP contribution < -0.4 is 0 Å². The third-order valence-corrected chi connectivity index (χ3v) is 3.02. The molecule has 0 aromatic carbocycles. The quantitative estimate of drug-likeness (QED) is 0.543. The third kappa shape index (κ3) is 1.09. The van der Waals surface area contributed by atoms with Crippen LogP contribution in [0.3, 0.4) is 0 Å². The highest BCUT2D eigenvalue weighted by atomic mass is 32.2. The lowest BCUT2D eigenvalue weighted by Crippen LogP contribution is -2.32. The highest BCUT2D eigenvalue weighted by molar-refractivity contribution is 8.00. The van der Waals surface area contributed by atoms with Gasteiger partial charge in [-0.05, 0) is 0 Å². The average Bonchev–Trinajstić information content (AvgIpc) is 2.11. The van der Waals surface area contributed by atoms with Gasteiger partial charge in [0.05, 0.1) is 13.2 Å². The molecule has 2 saturated heterocycles. The Balaban J connectivity index is 1.82. The Morgan fingerprint density at radius 2 is 1.78 bits per heavy atom. The summed E-state index contributed by atoms with van der Waals surface area (Å²) in [6.45, 7) is 1.59. The van der Waals surface area contributed by atoms with Crippen molar-refractivity contribution in [2.24, 2.45) is 5.92 Å². The molecule has 3 heteroatoms. The Bertz CT molecular complexity index is 97.2. The molecule has 0 N–H and O–H groups in total. The highest BCUT2D eigenvalue weighted by Crippen LogP contribution is 2.30. The maximum atomic E-state index is 5.32. The Labute approximate surface area is 58.9 Å². The van der Waals surface area contributed by atoms with E-state index in [1.807, 2.05) is 11.8 Å². The zero-order chi connectivity index (χ0) is 6.10. The van der Waals surface area contributed by atoms with Crippen LogP contribution in [0.25, 0.3) is 0 Å². The predicted octanol–water partition coefficient (Wildman–Crippen LogP) is 0.722. The first kappa shape index (κ1) is 6.01. The first-order valence-corrected chi connectivity index (χ1v) is 4.43. The lowest BCUT2D eigenvalue weighted by molar-refractivity contribution is -0.0735. The summed E-state index contributed by atoms with van der Waals surface area (Å²) >= 11 is 1.97. The van der Waals surface area contributed by atoms with Gasteiger partial charge in [0.25, 0.3) is 0 Å². The standard InChI is InChI=1S/C6H10O2S/c1-2-8-6(7-1)5-3-9-4-5/h5-6H,1-4H2. The smallest absolute Gasteiger partial charge is 0.162 e. The van der Waals surface area contributed by atoms with E-state index in [2.05, 4.69) is 0 Å². The van der Waals surface area contributed by atoms with Crippen molar-refractivity contribution in [2.45, 2.75) is 6.29 Å². The predicted molar refractivity (Wildman–Crippen MR) is 36.5 cm³/mol. The average molecular weight is 146 g/mol. The molecule has 2 fully saturated rings. The van der Waals surface area contributed by atoms with Crippen LogP contribution in [0.15, 0.2) is 0 Å². The van der Waals surface area contributed by atoms with Crippen LogP contribution >= 0.6 is 11.8 Å². The number of thioether (sulfide) groups is 1. The van der Waals surface area contributed by atoms with Gasteiger partial charge in [0.1, 0.15) is 0 Å². The second kappa shape index (κ2) is 2.48. The lowest BCUT2D eigenvalue weighted by Gasteiger charge is -2.28. The van der Waals surface area contributed by atoms with Gasteiger partial charge >= 0.3 is 0 Å². The van der Waals surface area contributed by atoms with E-state index in [9.17, 15) is 0 Å². The summed E-state index contributed by atoms with van der Waals surface area (Å²) in [7, 11) is 0. The monoisotopic (exact) mass is 146 g/mol. The Kier molecular flexibility index (Phi) is 1.66. The summed E-state index contributed by atoms with van der Waals surface area (Å²) in [5.41, 5.74) is 0. The van der Waals surface area contributed by atoms with Crippen molar-refractivity contribution in [2.75, 3.05) is 24.7 Å². The van der Waals surface area contributed by atoms with Crippen LogP contribution in [0.1, 0.15) is 0 Å². The van der Waals surface area contributed by atoms with Crippen molar-refractivity contribution in [1.82, 2.24) is 0 Å². The molecule has 0 unspecified atom stereocenters. The lowest BCUT2D eigenvalue weighted by atomic mass is 10.2. The zero-order valence-corrected chi connectivity index (χ0v) is 6.02. The molecular formula is C6H10O2S. The van der Waals surface area contributed by atoms with Crippen LogP contribution in [-0.2, 0) is 9.47 Å². The minimum absolute atomic E-state index is 0.145. The maximum absolute atomic E-state index is 5.32. The van der Waals surface area contributed by atoms with Crippen molar-refractivity contribution >= 4 is 11.8 Å². The summed E-state index contributed by atoms with van der Waals surface area (Å²) in [5, 5.41) is 0. The molecule has 2 aliphatic heterocycles. The molecule has 0 radical (unpaired) electrons. The third-order valence-electron chi connectivity index (χ3n) is 1.70. The fourth-order valence-electron chi connectivity index (χ4n) is 1.06. The van der Waals surface area contributed by atoms with Crippen molar-refractivity contribution in [3.05, 3.63) is 0 Å². The molecular weight excluding hydrogens is 136 g/mol. The molecule has 0 atom stereocenters. The van der Waals surface area contributed by atoms with Gasteiger partial charge in [-0.1, -0.05) is 0 Å². The molecule has 2 heterocycles. The number of ether oxygens (including phenoxy) is 2. The van der Waals surface area contributed by atoms with E-state index in [4.69, 9.17) is 9.47 Å². The normalized spacial score (nSPS) is 30.7. The second-order valence-electron chi connectivity index (χ2n) is 2.41. The topological polar surface area (TPSA) is 18.5 Å². The Morgan fingerprint density at radius 1 is 1.11 bits per heavy atom. The fraction of sp³-hybridized carbons (Fsp3) is 1.00. The van der Waals surface area contributed by atoms with Gasteiger partial charge in [-0.15, -0.1) is 0 Å². The van der Waals surface area contributed by atoms with Crippen molar-refractivity contribution < 1.29 is 9.47 Å². The molecule has 0 amide bonds. The van der Waals surface area contributed by atoms with Crippen molar-refractivity contribution in [3.63, 3.8) is 0 Å². The van der Waals surface area contributed by atoms with Crippen LogP contribution in [0.2, 0.25) is 0 Å². The largest absolute Gasteiger partial charge is 0.350 e. The molecule has 0 aliphatic carbocycles. The van der Waals surface area contributed by atoms with Gasteiger partial charge in [-0.3, -0.25) is 0 Å². The summed E-state index contributed by atoms with van der Waals surface area (Å²) in [4.78, 5) is 0. The Morgan fingerprint density at radius 3 is 2.22 bits per heavy atom. The molecule has 9 heavy (non-hydrogen) atoms. The first-order chi connectivity index (χ1) is 4.47. The Hall–Kier alpha value is 0.270. The van der Waals surface area contributed by atoms with Gasteiger partial charge in [0.15, 0.2) is 6.29 Å². The fourth-order valence-corrected chi connectivity index (χ4v) is 1.88.